The average molecular weight is 469 g/mol. The lowest BCUT2D eigenvalue weighted by Gasteiger charge is -2.44. The minimum absolute atomic E-state index is 0.127. The molecular weight excluding hydrogens is 432 g/mol. The Morgan fingerprint density at radius 2 is 1.75 bits per heavy atom. The van der Waals surface area contributed by atoms with Gasteiger partial charge in [0.05, 0.1) is 25.9 Å². The van der Waals surface area contributed by atoms with Gasteiger partial charge in [0.25, 0.3) is 0 Å². The van der Waals surface area contributed by atoms with Crippen molar-refractivity contribution < 1.29 is 54.1 Å². The number of carbonyl (C=O) groups is 2. The van der Waals surface area contributed by atoms with Crippen molar-refractivity contribution in [2.75, 3.05) is 26.4 Å². The fourth-order valence-corrected chi connectivity index (χ4v) is 3.16. The first-order chi connectivity index (χ1) is 15.0. The van der Waals surface area contributed by atoms with Crippen molar-refractivity contribution in [3.63, 3.8) is 0 Å². The van der Waals surface area contributed by atoms with Crippen molar-refractivity contribution in [3.05, 3.63) is 0 Å². The monoisotopic (exact) mass is 468 g/mol. The van der Waals surface area contributed by atoms with E-state index in [4.69, 9.17) is 18.9 Å². The lowest BCUT2D eigenvalue weighted by atomic mass is 9.97. The van der Waals surface area contributed by atoms with Crippen LogP contribution in [0.5, 0.6) is 0 Å². The molecule has 5 unspecified atom stereocenters. The Morgan fingerprint density at radius 1 is 1.09 bits per heavy atom. The van der Waals surface area contributed by atoms with E-state index in [0.717, 1.165) is 0 Å². The second-order valence-electron chi connectivity index (χ2n) is 7.50. The third-order valence-electron chi connectivity index (χ3n) is 4.81. The maximum absolute atomic E-state index is 11.6. The van der Waals surface area contributed by atoms with E-state index in [-0.39, 0.29) is 19.1 Å². The summed E-state index contributed by atoms with van der Waals surface area (Å²) in [5.74, 6) is -0.920. The summed E-state index contributed by atoms with van der Waals surface area (Å²) >= 11 is 0. The van der Waals surface area contributed by atoms with Crippen LogP contribution in [0.25, 0.3) is 0 Å². The van der Waals surface area contributed by atoms with Crippen LogP contribution in [0.2, 0.25) is 0 Å². The Hall–Kier alpha value is -1.42. The number of hydrogen-bond donors (Lipinski definition) is 7. The van der Waals surface area contributed by atoms with E-state index in [0.29, 0.717) is 0 Å². The van der Waals surface area contributed by atoms with Gasteiger partial charge >= 0.3 is 0 Å². The number of carbonyl (C=O) groups excluding carboxylic acids is 2. The summed E-state index contributed by atoms with van der Waals surface area (Å²) in [6, 6.07) is -2.01. The van der Waals surface area contributed by atoms with Gasteiger partial charge in [0.1, 0.15) is 36.6 Å². The number of nitrogens with one attached hydrogen (secondary N) is 2. The molecule has 32 heavy (non-hydrogen) atoms. The van der Waals surface area contributed by atoms with Gasteiger partial charge in [-0.15, -0.1) is 0 Å². The third kappa shape index (κ3) is 8.50. The molecule has 188 valence electrons. The first-order valence-corrected chi connectivity index (χ1v) is 10.4. The SMILES string of the molecule is CCOC[C@H](O[C@@H]1OC(CO)[C@@H](O)C(O)[C@@H]1NC(C)=O)C(CO)OC(O)C(C)NC(C)=O. The van der Waals surface area contributed by atoms with Gasteiger partial charge in [-0.05, 0) is 13.8 Å². The summed E-state index contributed by atoms with van der Waals surface area (Å²) in [5, 5.41) is 55.0. The van der Waals surface area contributed by atoms with Crippen molar-refractivity contribution in [2.24, 2.45) is 0 Å². The third-order valence-corrected chi connectivity index (χ3v) is 4.81. The van der Waals surface area contributed by atoms with Gasteiger partial charge in [-0.2, -0.15) is 0 Å². The van der Waals surface area contributed by atoms with Crippen LogP contribution in [0.4, 0.5) is 0 Å². The molecule has 13 heteroatoms. The smallest absolute Gasteiger partial charge is 0.217 e. The van der Waals surface area contributed by atoms with Crippen LogP contribution in [-0.2, 0) is 28.5 Å². The Bertz CT molecular complexity index is 581. The molecule has 0 bridgehead atoms. The molecule has 9 atom stereocenters. The van der Waals surface area contributed by atoms with E-state index in [9.17, 15) is 35.1 Å². The highest BCUT2D eigenvalue weighted by atomic mass is 16.7. The normalized spacial score (nSPS) is 29.6. The van der Waals surface area contributed by atoms with E-state index in [1.165, 1.54) is 20.8 Å². The molecule has 0 saturated carbocycles. The van der Waals surface area contributed by atoms with E-state index in [1.807, 2.05) is 0 Å². The van der Waals surface area contributed by atoms with Crippen LogP contribution >= 0.6 is 0 Å². The maximum Gasteiger partial charge on any atom is 0.217 e. The summed E-state index contributed by atoms with van der Waals surface area (Å²) in [5.41, 5.74) is 0. The summed E-state index contributed by atoms with van der Waals surface area (Å²) in [6.45, 7) is 4.60. The minimum Gasteiger partial charge on any atom is -0.394 e. The lowest BCUT2D eigenvalue weighted by Crippen LogP contribution is -2.65. The van der Waals surface area contributed by atoms with Crippen molar-refractivity contribution in [1.29, 1.82) is 0 Å². The second kappa shape index (κ2) is 14.0. The highest BCUT2D eigenvalue weighted by molar-refractivity contribution is 5.73. The molecule has 0 radical (unpaired) electrons. The predicted octanol–water partition coefficient (Wildman–Crippen LogP) is -3.43. The first kappa shape index (κ1) is 28.6. The van der Waals surface area contributed by atoms with Crippen LogP contribution in [-0.4, -0.2) is 119 Å². The zero-order valence-corrected chi connectivity index (χ0v) is 18.7. The fourth-order valence-electron chi connectivity index (χ4n) is 3.16. The number of aliphatic hydroxyl groups excluding tert-OH is 5. The summed E-state index contributed by atoms with van der Waals surface area (Å²) < 4.78 is 22.2. The first-order valence-electron chi connectivity index (χ1n) is 10.4. The Balaban J connectivity index is 3.05. The summed E-state index contributed by atoms with van der Waals surface area (Å²) in [4.78, 5) is 22.8. The molecule has 2 amide bonds. The molecule has 1 saturated heterocycles. The Labute approximate surface area is 186 Å². The number of ether oxygens (including phenoxy) is 4. The quantitative estimate of drug-likeness (QED) is 0.133. The molecule has 13 nitrogen and oxygen atoms in total. The molecule has 1 fully saturated rings. The average Bonchev–Trinajstić information content (AvgIpc) is 2.73. The van der Waals surface area contributed by atoms with Gasteiger partial charge in [-0.25, -0.2) is 0 Å². The summed E-state index contributed by atoms with van der Waals surface area (Å²) in [7, 11) is 0. The molecule has 0 aromatic heterocycles. The van der Waals surface area contributed by atoms with E-state index in [1.54, 1.807) is 6.92 Å². The van der Waals surface area contributed by atoms with Crippen molar-refractivity contribution in [2.45, 2.75) is 82.9 Å². The lowest BCUT2D eigenvalue weighted by molar-refractivity contribution is -0.302. The molecule has 7 N–H and O–H groups in total. The molecule has 0 aromatic rings. The maximum atomic E-state index is 11.6. The topological polar surface area (TPSA) is 196 Å². The van der Waals surface area contributed by atoms with Gasteiger partial charge < -0.3 is 55.1 Å². The number of amides is 2. The zero-order valence-electron chi connectivity index (χ0n) is 18.7. The predicted molar refractivity (Wildman–Crippen MR) is 108 cm³/mol. The van der Waals surface area contributed by atoms with Crippen LogP contribution in [0, 0.1) is 0 Å². The van der Waals surface area contributed by atoms with Crippen LogP contribution in [0.1, 0.15) is 27.7 Å². The van der Waals surface area contributed by atoms with Crippen LogP contribution in [0.3, 0.4) is 0 Å². The number of rotatable bonds is 13. The van der Waals surface area contributed by atoms with E-state index >= 15 is 0 Å². The molecular formula is C19H36N2O11. The van der Waals surface area contributed by atoms with Crippen LogP contribution < -0.4 is 10.6 Å². The summed E-state index contributed by atoms with van der Waals surface area (Å²) in [6.07, 6.45) is -9.31. The molecule has 1 aliphatic heterocycles. The second-order valence-corrected chi connectivity index (χ2v) is 7.50. The Morgan fingerprint density at radius 3 is 2.25 bits per heavy atom. The molecule has 0 spiro atoms. The van der Waals surface area contributed by atoms with Gasteiger partial charge in [0.15, 0.2) is 12.6 Å². The van der Waals surface area contributed by atoms with Crippen molar-refractivity contribution in [3.8, 4) is 0 Å². The highest BCUT2D eigenvalue weighted by Gasteiger charge is 2.47. The van der Waals surface area contributed by atoms with Crippen molar-refractivity contribution in [1.82, 2.24) is 10.6 Å². The van der Waals surface area contributed by atoms with E-state index < -0.39 is 74.3 Å². The minimum atomic E-state index is -1.53. The number of aliphatic hydroxyl groups is 5. The largest absolute Gasteiger partial charge is 0.394 e. The zero-order chi connectivity index (χ0) is 24.4. The molecule has 1 aliphatic rings. The van der Waals surface area contributed by atoms with Gasteiger partial charge in [0, 0.05) is 20.5 Å². The van der Waals surface area contributed by atoms with Crippen LogP contribution in [0.15, 0.2) is 0 Å². The number of hydrogen-bond acceptors (Lipinski definition) is 11. The van der Waals surface area contributed by atoms with Gasteiger partial charge in [-0.1, -0.05) is 0 Å². The van der Waals surface area contributed by atoms with Gasteiger partial charge in [-0.3, -0.25) is 9.59 Å². The van der Waals surface area contributed by atoms with Gasteiger partial charge in [0.2, 0.25) is 11.8 Å². The fraction of sp³-hybridized carbons (Fsp3) is 0.895. The molecule has 1 heterocycles. The molecule has 1 rings (SSSR count). The van der Waals surface area contributed by atoms with Crippen molar-refractivity contribution >= 4 is 11.8 Å². The standard InChI is InChI=1S/C19H36N2O11/c1-5-29-8-14(12(6-22)30-18(28)9(2)20-10(3)24)32-19-15(21-11(4)25)17(27)16(26)13(7-23)31-19/h9,12-19,22-23,26-28H,5-8H2,1-4H3,(H,20,24)(H,21,25)/t9?,12?,13?,14-,15-,16+,17?,18?,19-/m0/s1. The molecule has 0 aromatic carbocycles. The molecule has 0 aliphatic carbocycles. The Kier molecular flexibility index (Phi) is 12.5. The highest BCUT2D eigenvalue weighted by Crippen LogP contribution is 2.24. The van der Waals surface area contributed by atoms with E-state index in [2.05, 4.69) is 10.6 Å².